The van der Waals surface area contributed by atoms with E-state index in [1.807, 2.05) is 44.2 Å². The predicted molar refractivity (Wildman–Crippen MR) is 164 cm³/mol. The van der Waals surface area contributed by atoms with Crippen LogP contribution in [0.3, 0.4) is 0 Å². The lowest BCUT2D eigenvalue weighted by atomic mass is 10.0. The molecule has 41 heavy (non-hydrogen) atoms. The minimum Gasteiger partial charge on any atom is -0.492 e. The summed E-state index contributed by atoms with van der Waals surface area (Å²) in [5.74, 6) is -0.302. The fourth-order valence-electron chi connectivity index (χ4n) is 4.30. The van der Waals surface area contributed by atoms with Gasteiger partial charge in [0.05, 0.1) is 18.6 Å². The first kappa shape index (κ1) is 32.0. The molecule has 0 fully saturated rings. The lowest BCUT2D eigenvalue weighted by Gasteiger charge is -2.34. The van der Waals surface area contributed by atoms with E-state index in [4.69, 9.17) is 16.3 Å². The van der Waals surface area contributed by atoms with E-state index < -0.39 is 28.5 Å². The van der Waals surface area contributed by atoms with Gasteiger partial charge >= 0.3 is 0 Å². The van der Waals surface area contributed by atoms with Crippen molar-refractivity contribution in [1.82, 2.24) is 10.2 Å². The van der Waals surface area contributed by atoms with Crippen LogP contribution >= 0.6 is 11.6 Å². The highest BCUT2D eigenvalue weighted by Gasteiger charge is 2.33. The highest BCUT2D eigenvalue weighted by molar-refractivity contribution is 7.92. The molecule has 0 aliphatic carbocycles. The van der Waals surface area contributed by atoms with Crippen molar-refractivity contribution in [3.8, 4) is 5.75 Å². The maximum atomic E-state index is 14.2. The van der Waals surface area contributed by atoms with E-state index in [-0.39, 0.29) is 30.5 Å². The van der Waals surface area contributed by atoms with Crippen LogP contribution in [0, 0.1) is 5.92 Å². The molecule has 0 aliphatic rings. The second-order valence-electron chi connectivity index (χ2n) is 10.2. The van der Waals surface area contributed by atoms with Gasteiger partial charge in [-0.05, 0) is 48.2 Å². The van der Waals surface area contributed by atoms with Gasteiger partial charge in [-0.25, -0.2) is 8.42 Å². The number of ether oxygens (including phenoxy) is 1. The molecule has 0 saturated heterocycles. The van der Waals surface area contributed by atoms with Crippen LogP contribution in [-0.2, 0) is 32.6 Å². The number of anilines is 1. The van der Waals surface area contributed by atoms with Crippen LogP contribution < -0.4 is 14.4 Å². The van der Waals surface area contributed by atoms with Gasteiger partial charge in [-0.1, -0.05) is 80.0 Å². The third kappa shape index (κ3) is 9.50. The average molecular weight is 600 g/mol. The summed E-state index contributed by atoms with van der Waals surface area (Å²) >= 11 is 6.10. The summed E-state index contributed by atoms with van der Waals surface area (Å²) in [6.07, 6.45) is 1.29. The predicted octanol–water partition coefficient (Wildman–Crippen LogP) is 4.92. The van der Waals surface area contributed by atoms with E-state index >= 15 is 0 Å². The van der Waals surface area contributed by atoms with Crippen molar-refractivity contribution in [3.05, 3.63) is 95.0 Å². The smallest absolute Gasteiger partial charge is 0.244 e. The van der Waals surface area contributed by atoms with Crippen LogP contribution in [0.1, 0.15) is 31.9 Å². The topological polar surface area (TPSA) is 96.0 Å². The first-order chi connectivity index (χ1) is 19.5. The van der Waals surface area contributed by atoms with Gasteiger partial charge in [0.25, 0.3) is 0 Å². The molecular weight excluding hydrogens is 562 g/mol. The number of carbonyl (C=O) groups excluding carboxylic acids is 2. The van der Waals surface area contributed by atoms with E-state index in [1.165, 1.54) is 4.90 Å². The lowest BCUT2D eigenvalue weighted by molar-refractivity contribution is -0.140. The molecule has 2 amide bonds. The Kier molecular flexibility index (Phi) is 11.6. The molecule has 0 heterocycles. The molecule has 3 aromatic rings. The summed E-state index contributed by atoms with van der Waals surface area (Å²) < 4.78 is 32.7. The Bertz CT molecular complexity index is 1400. The highest BCUT2D eigenvalue weighted by Crippen LogP contribution is 2.30. The molecule has 3 aromatic carbocycles. The first-order valence-corrected chi connectivity index (χ1v) is 15.8. The Balaban J connectivity index is 2.06. The maximum Gasteiger partial charge on any atom is 0.244 e. The van der Waals surface area contributed by atoms with Crippen LogP contribution in [0.25, 0.3) is 0 Å². The monoisotopic (exact) mass is 599 g/mol. The lowest BCUT2D eigenvalue weighted by Crippen LogP contribution is -2.53. The minimum atomic E-state index is -3.90. The Morgan fingerprint density at radius 2 is 1.56 bits per heavy atom. The van der Waals surface area contributed by atoms with Crippen LogP contribution in [0.5, 0.6) is 5.75 Å². The van der Waals surface area contributed by atoms with Crippen molar-refractivity contribution in [2.75, 3.05) is 30.3 Å². The van der Waals surface area contributed by atoms with Gasteiger partial charge in [0.2, 0.25) is 21.8 Å². The molecule has 0 unspecified atom stereocenters. The summed E-state index contributed by atoms with van der Waals surface area (Å²) in [4.78, 5) is 29.3. The molecule has 0 saturated carbocycles. The molecule has 1 N–H and O–H groups in total. The third-order valence-electron chi connectivity index (χ3n) is 6.33. The Labute approximate surface area is 248 Å². The van der Waals surface area contributed by atoms with Crippen LogP contribution in [0.15, 0.2) is 78.9 Å². The molecule has 10 heteroatoms. The van der Waals surface area contributed by atoms with Gasteiger partial charge in [0.1, 0.15) is 18.3 Å². The fraction of sp³-hybridized carbons (Fsp3) is 0.355. The third-order valence-corrected chi connectivity index (χ3v) is 7.71. The molecule has 220 valence electrons. The number of rotatable bonds is 14. The van der Waals surface area contributed by atoms with Gasteiger partial charge in [-0.15, -0.1) is 0 Å². The molecule has 0 bridgehead atoms. The van der Waals surface area contributed by atoms with Crippen molar-refractivity contribution >= 4 is 39.1 Å². The summed E-state index contributed by atoms with van der Waals surface area (Å²) in [6.45, 7) is 6.09. The number of halogens is 1. The summed E-state index contributed by atoms with van der Waals surface area (Å²) in [5, 5.41) is 3.51. The van der Waals surface area contributed by atoms with E-state index in [0.717, 1.165) is 21.7 Å². The molecule has 0 spiro atoms. The summed E-state index contributed by atoms with van der Waals surface area (Å²) in [5.41, 5.74) is 1.87. The zero-order chi connectivity index (χ0) is 30.0. The van der Waals surface area contributed by atoms with Crippen molar-refractivity contribution in [2.24, 2.45) is 5.92 Å². The number of sulfonamides is 1. The Morgan fingerprint density at radius 1 is 0.927 bits per heavy atom. The maximum absolute atomic E-state index is 14.2. The van der Waals surface area contributed by atoms with Crippen molar-refractivity contribution in [3.63, 3.8) is 0 Å². The van der Waals surface area contributed by atoms with Gasteiger partial charge in [0.15, 0.2) is 0 Å². The Hall–Kier alpha value is -3.56. The molecular formula is C31H38ClN3O5S. The Morgan fingerprint density at radius 3 is 2.17 bits per heavy atom. The number of hydrogen-bond acceptors (Lipinski definition) is 5. The number of para-hydroxylation sites is 2. The molecule has 3 rings (SSSR count). The highest BCUT2D eigenvalue weighted by atomic mass is 35.5. The van der Waals surface area contributed by atoms with E-state index in [0.29, 0.717) is 23.9 Å². The second kappa shape index (κ2) is 14.9. The fourth-order valence-corrected chi connectivity index (χ4v) is 5.28. The standard InChI is InChI=1S/C31H38ClN3O5S/c1-5-40-29-14-10-9-13-27(29)35(41(4,38)39)22-30(36)34(21-25-15-17-26(32)18-16-25)28(31(37)33-20-23(2)3)19-24-11-7-6-8-12-24/h6-18,23,28H,5,19-22H2,1-4H3,(H,33,37)/t28-/m0/s1. The van der Waals surface area contributed by atoms with Crippen molar-refractivity contribution in [1.29, 1.82) is 0 Å². The van der Waals surface area contributed by atoms with Crippen molar-refractivity contribution < 1.29 is 22.7 Å². The number of nitrogens with one attached hydrogen (secondary N) is 1. The second-order valence-corrected chi connectivity index (χ2v) is 12.5. The van der Waals surface area contributed by atoms with E-state index in [2.05, 4.69) is 5.32 Å². The minimum absolute atomic E-state index is 0.0767. The number of amides is 2. The summed E-state index contributed by atoms with van der Waals surface area (Å²) in [6, 6.07) is 22.2. The van der Waals surface area contributed by atoms with E-state index in [1.54, 1.807) is 55.5 Å². The normalized spacial score (nSPS) is 12.0. The van der Waals surface area contributed by atoms with Crippen LogP contribution in [0.4, 0.5) is 5.69 Å². The van der Waals surface area contributed by atoms with E-state index in [9.17, 15) is 18.0 Å². The molecule has 8 nitrogen and oxygen atoms in total. The van der Waals surface area contributed by atoms with Gasteiger partial charge in [-0.3, -0.25) is 13.9 Å². The van der Waals surface area contributed by atoms with Crippen LogP contribution in [-0.4, -0.2) is 57.1 Å². The number of benzene rings is 3. The van der Waals surface area contributed by atoms with Crippen molar-refractivity contribution in [2.45, 2.75) is 39.8 Å². The average Bonchev–Trinajstić information content (AvgIpc) is 2.93. The van der Waals surface area contributed by atoms with Gasteiger partial charge < -0.3 is 15.0 Å². The quantitative estimate of drug-likeness (QED) is 0.284. The zero-order valence-electron chi connectivity index (χ0n) is 23.9. The van der Waals surface area contributed by atoms with Crippen LogP contribution in [0.2, 0.25) is 5.02 Å². The molecule has 1 atom stereocenters. The largest absolute Gasteiger partial charge is 0.492 e. The van der Waals surface area contributed by atoms with Gasteiger partial charge in [0, 0.05) is 24.5 Å². The molecule has 0 aliphatic heterocycles. The molecule has 0 aromatic heterocycles. The van der Waals surface area contributed by atoms with Gasteiger partial charge in [-0.2, -0.15) is 0 Å². The summed E-state index contributed by atoms with van der Waals surface area (Å²) in [7, 11) is -3.90. The first-order valence-electron chi connectivity index (χ1n) is 13.5. The SMILES string of the molecule is CCOc1ccccc1N(CC(=O)N(Cc1ccc(Cl)cc1)[C@@H](Cc1ccccc1)C(=O)NCC(C)C)S(C)(=O)=O. The zero-order valence-corrected chi connectivity index (χ0v) is 25.5. The number of hydrogen-bond donors (Lipinski definition) is 1. The molecule has 0 radical (unpaired) electrons. The number of carbonyl (C=O) groups is 2. The number of nitrogens with zero attached hydrogens (tertiary/aromatic N) is 2.